The average Bonchev–Trinajstić information content (AvgIpc) is 3.06. The van der Waals surface area contributed by atoms with Crippen molar-refractivity contribution in [2.45, 2.75) is 13.5 Å². The number of hydrogen-bond acceptors (Lipinski definition) is 6. The van der Waals surface area contributed by atoms with Gasteiger partial charge in [-0.1, -0.05) is 30.3 Å². The van der Waals surface area contributed by atoms with Crippen LogP contribution in [0.5, 0.6) is 0 Å². The molecule has 0 atom stereocenters. The summed E-state index contributed by atoms with van der Waals surface area (Å²) in [6.07, 6.45) is 1.70. The second kappa shape index (κ2) is 5.19. The van der Waals surface area contributed by atoms with E-state index < -0.39 is 0 Å². The monoisotopic (exact) mass is 272 g/mol. The van der Waals surface area contributed by atoms with Gasteiger partial charge in [0, 0.05) is 17.1 Å². The van der Waals surface area contributed by atoms with Crippen molar-refractivity contribution >= 4 is 16.7 Å². The fourth-order valence-electron chi connectivity index (χ4n) is 1.63. The Morgan fingerprint density at radius 1 is 1.26 bits per heavy atom. The van der Waals surface area contributed by atoms with E-state index in [1.807, 2.05) is 37.3 Å². The Hall–Kier alpha value is -2.21. The second-order valence-corrected chi connectivity index (χ2v) is 4.76. The normalized spacial score (nSPS) is 10.6. The first kappa shape index (κ1) is 11.9. The van der Waals surface area contributed by atoms with Crippen molar-refractivity contribution in [2.75, 3.05) is 5.32 Å². The van der Waals surface area contributed by atoms with Gasteiger partial charge < -0.3 is 9.73 Å². The van der Waals surface area contributed by atoms with E-state index in [2.05, 4.69) is 19.7 Å². The largest absolute Gasteiger partial charge is 0.444 e. The maximum atomic E-state index is 5.38. The van der Waals surface area contributed by atoms with Crippen LogP contribution in [0.15, 0.2) is 40.9 Å². The number of nitrogens with zero attached hydrogens (tertiary/aromatic N) is 3. The van der Waals surface area contributed by atoms with Gasteiger partial charge in [-0.3, -0.25) is 0 Å². The SMILES string of the molecule is Cc1cnc(CNc2nc(-c3ccccc3)ns2)o1. The summed E-state index contributed by atoms with van der Waals surface area (Å²) < 4.78 is 9.70. The lowest BCUT2D eigenvalue weighted by Crippen LogP contribution is -1.98. The molecule has 3 rings (SSSR count). The molecule has 0 aliphatic heterocycles. The van der Waals surface area contributed by atoms with Gasteiger partial charge in [0.05, 0.1) is 12.7 Å². The molecule has 0 bridgehead atoms. The topological polar surface area (TPSA) is 63.8 Å². The Morgan fingerprint density at radius 3 is 2.84 bits per heavy atom. The molecule has 0 unspecified atom stereocenters. The lowest BCUT2D eigenvalue weighted by molar-refractivity contribution is 0.479. The van der Waals surface area contributed by atoms with Gasteiger partial charge in [0.25, 0.3) is 0 Å². The molecule has 1 N–H and O–H groups in total. The molecular weight excluding hydrogens is 260 g/mol. The zero-order valence-corrected chi connectivity index (χ0v) is 11.1. The number of nitrogens with one attached hydrogen (secondary N) is 1. The zero-order chi connectivity index (χ0) is 13.1. The maximum Gasteiger partial charge on any atom is 0.213 e. The van der Waals surface area contributed by atoms with Crippen molar-refractivity contribution < 1.29 is 4.42 Å². The van der Waals surface area contributed by atoms with Gasteiger partial charge >= 0.3 is 0 Å². The molecule has 5 nitrogen and oxygen atoms in total. The van der Waals surface area contributed by atoms with Crippen LogP contribution in [0.1, 0.15) is 11.7 Å². The van der Waals surface area contributed by atoms with Crippen LogP contribution in [0.25, 0.3) is 11.4 Å². The molecule has 0 spiro atoms. The highest BCUT2D eigenvalue weighted by Gasteiger charge is 2.07. The van der Waals surface area contributed by atoms with Crippen molar-refractivity contribution in [1.82, 2.24) is 14.3 Å². The Morgan fingerprint density at radius 2 is 2.11 bits per heavy atom. The molecule has 2 aromatic heterocycles. The lowest BCUT2D eigenvalue weighted by Gasteiger charge is -1.96. The van der Waals surface area contributed by atoms with Crippen molar-refractivity contribution in [3.05, 3.63) is 48.2 Å². The molecule has 0 fully saturated rings. The third-order valence-corrected chi connectivity index (χ3v) is 3.19. The number of hydrogen-bond donors (Lipinski definition) is 1. The van der Waals surface area contributed by atoms with Crippen LogP contribution in [0.2, 0.25) is 0 Å². The van der Waals surface area contributed by atoms with Gasteiger partial charge in [0.2, 0.25) is 11.0 Å². The molecule has 3 aromatic rings. The molecule has 1 aromatic carbocycles. The summed E-state index contributed by atoms with van der Waals surface area (Å²) in [7, 11) is 0. The van der Waals surface area contributed by atoms with E-state index in [4.69, 9.17) is 4.42 Å². The molecule has 0 saturated heterocycles. The minimum Gasteiger partial charge on any atom is -0.444 e. The summed E-state index contributed by atoms with van der Waals surface area (Å²) in [5.74, 6) is 2.18. The van der Waals surface area contributed by atoms with Crippen LogP contribution in [-0.4, -0.2) is 14.3 Å². The molecule has 0 aliphatic rings. The van der Waals surface area contributed by atoms with Gasteiger partial charge in [0.1, 0.15) is 5.76 Å². The van der Waals surface area contributed by atoms with E-state index >= 15 is 0 Å². The zero-order valence-electron chi connectivity index (χ0n) is 10.3. The number of anilines is 1. The van der Waals surface area contributed by atoms with E-state index in [9.17, 15) is 0 Å². The number of benzene rings is 1. The molecule has 0 amide bonds. The van der Waals surface area contributed by atoms with Crippen LogP contribution < -0.4 is 5.32 Å². The van der Waals surface area contributed by atoms with Gasteiger partial charge in [-0.05, 0) is 6.92 Å². The fraction of sp³-hybridized carbons (Fsp3) is 0.154. The van der Waals surface area contributed by atoms with Crippen molar-refractivity contribution in [2.24, 2.45) is 0 Å². The van der Waals surface area contributed by atoms with Crippen LogP contribution in [0.3, 0.4) is 0 Å². The van der Waals surface area contributed by atoms with Crippen molar-refractivity contribution in [3.8, 4) is 11.4 Å². The number of oxazole rings is 1. The Kier molecular flexibility index (Phi) is 3.24. The molecule has 96 valence electrons. The van der Waals surface area contributed by atoms with Gasteiger partial charge in [-0.2, -0.15) is 9.36 Å². The highest BCUT2D eigenvalue weighted by atomic mass is 32.1. The minimum atomic E-state index is 0.511. The first-order valence-corrected chi connectivity index (χ1v) is 6.63. The quantitative estimate of drug-likeness (QED) is 0.790. The van der Waals surface area contributed by atoms with Crippen LogP contribution >= 0.6 is 11.5 Å². The lowest BCUT2D eigenvalue weighted by atomic mass is 10.2. The maximum absolute atomic E-state index is 5.38. The third-order valence-electron chi connectivity index (χ3n) is 2.52. The van der Waals surface area contributed by atoms with E-state index in [-0.39, 0.29) is 0 Å². The second-order valence-electron chi connectivity index (χ2n) is 4.01. The van der Waals surface area contributed by atoms with Gasteiger partial charge in [-0.25, -0.2) is 4.98 Å². The van der Waals surface area contributed by atoms with Gasteiger partial charge in [0.15, 0.2) is 5.82 Å². The first-order chi connectivity index (χ1) is 9.31. The van der Waals surface area contributed by atoms with Crippen LogP contribution in [0.4, 0.5) is 5.13 Å². The smallest absolute Gasteiger partial charge is 0.213 e. The fourth-order valence-corrected chi connectivity index (χ4v) is 2.22. The summed E-state index contributed by atoms with van der Waals surface area (Å²) in [6, 6.07) is 9.89. The molecular formula is C13H12N4OS. The molecule has 6 heteroatoms. The molecule has 0 aliphatic carbocycles. The highest BCUT2D eigenvalue weighted by Crippen LogP contribution is 2.20. The molecule has 0 saturated carbocycles. The van der Waals surface area contributed by atoms with E-state index in [0.29, 0.717) is 12.4 Å². The number of aryl methyl sites for hydroxylation is 1. The third kappa shape index (κ3) is 2.79. The summed E-state index contributed by atoms with van der Waals surface area (Å²) in [4.78, 5) is 8.55. The van der Waals surface area contributed by atoms with Crippen LogP contribution in [-0.2, 0) is 6.54 Å². The predicted octanol–water partition coefficient (Wildman–Crippen LogP) is 3.11. The van der Waals surface area contributed by atoms with Crippen molar-refractivity contribution in [3.63, 3.8) is 0 Å². The Bertz CT molecular complexity index is 662. The van der Waals surface area contributed by atoms with E-state index in [0.717, 1.165) is 22.3 Å². The molecule has 19 heavy (non-hydrogen) atoms. The van der Waals surface area contributed by atoms with E-state index in [1.165, 1.54) is 11.5 Å². The first-order valence-electron chi connectivity index (χ1n) is 5.85. The van der Waals surface area contributed by atoms with E-state index in [1.54, 1.807) is 6.20 Å². The Balaban J connectivity index is 1.68. The minimum absolute atomic E-state index is 0.511. The van der Waals surface area contributed by atoms with Gasteiger partial charge in [-0.15, -0.1) is 0 Å². The number of aromatic nitrogens is 3. The number of rotatable bonds is 4. The van der Waals surface area contributed by atoms with Crippen molar-refractivity contribution in [1.29, 1.82) is 0 Å². The average molecular weight is 272 g/mol. The van der Waals surface area contributed by atoms with Crippen LogP contribution in [0, 0.1) is 6.92 Å². The predicted molar refractivity (Wildman–Crippen MR) is 73.9 cm³/mol. The molecule has 2 heterocycles. The summed E-state index contributed by atoms with van der Waals surface area (Å²) in [6.45, 7) is 2.38. The summed E-state index contributed by atoms with van der Waals surface area (Å²) in [5, 5.41) is 3.91. The Labute approximate surface area is 114 Å². The summed E-state index contributed by atoms with van der Waals surface area (Å²) in [5.41, 5.74) is 1.01. The standard InChI is InChI=1S/C13H12N4OS/c1-9-7-14-11(18-9)8-15-13-16-12(17-19-13)10-5-3-2-4-6-10/h2-7H,8H2,1H3,(H,15,16,17). The summed E-state index contributed by atoms with van der Waals surface area (Å²) >= 11 is 1.33. The molecule has 0 radical (unpaired) electrons. The highest BCUT2D eigenvalue weighted by molar-refractivity contribution is 7.09.